The van der Waals surface area contributed by atoms with Crippen molar-refractivity contribution in [3.63, 3.8) is 0 Å². The van der Waals surface area contributed by atoms with Crippen LogP contribution in [0.5, 0.6) is 0 Å². The van der Waals surface area contributed by atoms with E-state index in [1.54, 1.807) is 0 Å². The number of hydrogen-bond acceptors (Lipinski definition) is 2. The highest BCUT2D eigenvalue weighted by Crippen LogP contribution is 2.31. The molecule has 0 aliphatic rings. The van der Waals surface area contributed by atoms with Crippen LogP contribution in [-0.4, -0.2) is 16.1 Å². The van der Waals surface area contributed by atoms with E-state index in [-0.39, 0.29) is 9.21 Å². The summed E-state index contributed by atoms with van der Waals surface area (Å²) in [4.78, 5) is 14.0. The number of pyridine rings is 1. The quantitative estimate of drug-likeness (QED) is 0.848. The second kappa shape index (κ2) is 3.90. The van der Waals surface area contributed by atoms with E-state index < -0.39 is 17.5 Å². The summed E-state index contributed by atoms with van der Waals surface area (Å²) >= 11 is 5.77. The lowest BCUT2D eigenvalue weighted by molar-refractivity contribution is -0.166. The molecule has 76 valence electrons. The first-order valence-corrected chi connectivity index (χ1v) is 4.87. The van der Waals surface area contributed by atoms with Crippen LogP contribution in [0.3, 0.4) is 0 Å². The molecule has 0 radical (unpaired) electrons. The molecule has 1 rings (SSSR count). The van der Waals surface area contributed by atoms with Crippen LogP contribution in [0.1, 0.15) is 5.56 Å². The molecule has 0 spiro atoms. The van der Waals surface area contributed by atoms with Crippen LogP contribution in [0.4, 0.5) is 8.78 Å². The third-order valence-electron chi connectivity index (χ3n) is 1.39. The molecule has 0 aliphatic heterocycles. The Hall–Kier alpha value is -0.560. The minimum absolute atomic E-state index is 0.141. The van der Waals surface area contributed by atoms with Crippen molar-refractivity contribution in [1.82, 2.24) is 4.98 Å². The van der Waals surface area contributed by atoms with Crippen molar-refractivity contribution in [1.29, 1.82) is 0 Å². The number of hydrogen-bond donors (Lipinski definition) is 1. The molecule has 0 fully saturated rings. The Morgan fingerprint density at radius 1 is 1.36 bits per heavy atom. The highest BCUT2D eigenvalue weighted by molar-refractivity contribution is 9.11. The standard InChI is InChI=1S/C7H3Br2F2NO2/c8-4-1-3(2-5(9)12-4)7(10,11)6(13)14/h1-2H,(H,13,14). The van der Waals surface area contributed by atoms with E-state index in [0.717, 1.165) is 12.1 Å². The van der Waals surface area contributed by atoms with Crippen LogP contribution in [-0.2, 0) is 10.7 Å². The number of halogens is 4. The molecular weight excluding hydrogens is 328 g/mol. The molecular formula is C7H3Br2F2NO2. The summed E-state index contributed by atoms with van der Waals surface area (Å²) in [6.45, 7) is 0. The number of carbonyl (C=O) groups is 1. The Bertz CT molecular complexity index is 364. The first-order chi connectivity index (χ1) is 6.34. The Morgan fingerprint density at radius 2 is 1.79 bits per heavy atom. The molecule has 1 N–H and O–H groups in total. The van der Waals surface area contributed by atoms with Gasteiger partial charge in [-0.15, -0.1) is 0 Å². The molecule has 1 aromatic rings. The molecule has 0 amide bonds. The smallest absolute Gasteiger partial charge is 0.379 e. The van der Waals surface area contributed by atoms with E-state index in [1.165, 1.54) is 0 Å². The molecule has 0 atom stereocenters. The lowest BCUT2D eigenvalue weighted by Crippen LogP contribution is -2.25. The number of alkyl halides is 2. The number of carboxylic acid groups (broad SMARTS) is 1. The van der Waals surface area contributed by atoms with Crippen molar-refractivity contribution in [2.45, 2.75) is 5.92 Å². The molecule has 0 bridgehead atoms. The summed E-state index contributed by atoms with van der Waals surface area (Å²) in [6, 6.07) is 1.91. The van der Waals surface area contributed by atoms with Crippen molar-refractivity contribution >= 4 is 37.8 Å². The summed E-state index contributed by atoms with van der Waals surface area (Å²) in [7, 11) is 0. The van der Waals surface area contributed by atoms with Crippen LogP contribution in [0.2, 0.25) is 0 Å². The maximum atomic E-state index is 13.0. The number of aromatic nitrogens is 1. The van der Waals surface area contributed by atoms with Crippen LogP contribution in [0.25, 0.3) is 0 Å². The zero-order valence-electron chi connectivity index (χ0n) is 6.47. The van der Waals surface area contributed by atoms with Gasteiger partial charge in [0.05, 0.1) is 0 Å². The molecule has 7 heteroatoms. The van der Waals surface area contributed by atoms with Crippen LogP contribution >= 0.6 is 31.9 Å². The Balaban J connectivity index is 3.25. The maximum Gasteiger partial charge on any atom is 0.379 e. The van der Waals surface area contributed by atoms with E-state index in [4.69, 9.17) is 5.11 Å². The first-order valence-electron chi connectivity index (χ1n) is 3.29. The van der Waals surface area contributed by atoms with Crippen molar-refractivity contribution in [3.05, 3.63) is 26.9 Å². The van der Waals surface area contributed by atoms with Gasteiger partial charge < -0.3 is 5.11 Å². The number of nitrogens with zero attached hydrogens (tertiary/aromatic N) is 1. The normalized spacial score (nSPS) is 11.4. The predicted octanol–water partition coefficient (Wildman–Crippen LogP) is 2.78. The summed E-state index contributed by atoms with van der Waals surface area (Å²) in [6.07, 6.45) is 0. The molecule has 1 aromatic heterocycles. The Kier molecular flexibility index (Phi) is 3.20. The largest absolute Gasteiger partial charge is 0.477 e. The average Bonchev–Trinajstić information content (AvgIpc) is 2.01. The SMILES string of the molecule is O=C(O)C(F)(F)c1cc(Br)nc(Br)c1. The van der Waals surface area contributed by atoms with Crippen molar-refractivity contribution < 1.29 is 18.7 Å². The van der Waals surface area contributed by atoms with Gasteiger partial charge in [-0.2, -0.15) is 8.78 Å². The molecule has 0 unspecified atom stereocenters. The first kappa shape index (κ1) is 11.5. The lowest BCUT2D eigenvalue weighted by atomic mass is 10.1. The van der Waals surface area contributed by atoms with Gasteiger partial charge in [0, 0.05) is 5.56 Å². The van der Waals surface area contributed by atoms with E-state index in [0.29, 0.717) is 0 Å². The topological polar surface area (TPSA) is 50.2 Å². The van der Waals surface area contributed by atoms with Crippen molar-refractivity contribution in [2.75, 3.05) is 0 Å². The second-order valence-electron chi connectivity index (χ2n) is 2.38. The van der Waals surface area contributed by atoms with Gasteiger partial charge in [-0.1, -0.05) is 0 Å². The second-order valence-corrected chi connectivity index (χ2v) is 4.01. The van der Waals surface area contributed by atoms with E-state index in [9.17, 15) is 13.6 Å². The van der Waals surface area contributed by atoms with Crippen LogP contribution < -0.4 is 0 Å². The Morgan fingerprint density at radius 3 is 2.14 bits per heavy atom. The third-order valence-corrected chi connectivity index (χ3v) is 2.21. The van der Waals surface area contributed by atoms with E-state index in [2.05, 4.69) is 36.8 Å². The van der Waals surface area contributed by atoms with Gasteiger partial charge >= 0.3 is 11.9 Å². The molecule has 1 heterocycles. The summed E-state index contributed by atoms with van der Waals surface area (Å²) in [5.41, 5.74) is -0.626. The summed E-state index contributed by atoms with van der Waals surface area (Å²) < 4.78 is 26.2. The minimum Gasteiger partial charge on any atom is -0.477 e. The maximum absolute atomic E-state index is 13.0. The Labute approximate surface area is 94.4 Å². The zero-order chi connectivity index (χ0) is 10.9. The van der Waals surface area contributed by atoms with E-state index in [1.807, 2.05) is 0 Å². The van der Waals surface area contributed by atoms with Gasteiger partial charge in [0.25, 0.3) is 0 Å². The highest BCUT2D eigenvalue weighted by atomic mass is 79.9. The van der Waals surface area contributed by atoms with Crippen molar-refractivity contribution in [3.8, 4) is 0 Å². The van der Waals surface area contributed by atoms with Gasteiger partial charge in [-0.25, -0.2) is 9.78 Å². The highest BCUT2D eigenvalue weighted by Gasteiger charge is 2.41. The third kappa shape index (κ3) is 2.27. The monoisotopic (exact) mass is 329 g/mol. The molecule has 14 heavy (non-hydrogen) atoms. The molecule has 0 saturated heterocycles. The average molecular weight is 331 g/mol. The predicted molar refractivity (Wildman–Crippen MR) is 51.2 cm³/mol. The molecule has 3 nitrogen and oxygen atoms in total. The zero-order valence-corrected chi connectivity index (χ0v) is 9.64. The fourth-order valence-corrected chi connectivity index (χ4v) is 1.88. The van der Waals surface area contributed by atoms with Gasteiger partial charge in [0.2, 0.25) is 0 Å². The van der Waals surface area contributed by atoms with Gasteiger partial charge in [-0.05, 0) is 44.0 Å². The number of rotatable bonds is 2. The molecule has 0 saturated carbocycles. The van der Waals surface area contributed by atoms with Crippen LogP contribution in [0, 0.1) is 0 Å². The van der Waals surface area contributed by atoms with Gasteiger partial charge in [0.1, 0.15) is 9.21 Å². The van der Waals surface area contributed by atoms with Gasteiger partial charge in [0.15, 0.2) is 0 Å². The van der Waals surface area contributed by atoms with Crippen molar-refractivity contribution in [2.24, 2.45) is 0 Å². The van der Waals surface area contributed by atoms with Gasteiger partial charge in [-0.3, -0.25) is 0 Å². The fourth-order valence-electron chi connectivity index (χ4n) is 0.770. The minimum atomic E-state index is -3.91. The fraction of sp³-hybridized carbons (Fsp3) is 0.143. The summed E-state index contributed by atoms with van der Waals surface area (Å²) in [5.74, 6) is -6.10. The number of carboxylic acids is 1. The number of aliphatic carboxylic acids is 1. The molecule has 0 aliphatic carbocycles. The van der Waals surface area contributed by atoms with Crippen LogP contribution in [0.15, 0.2) is 21.3 Å². The molecule has 0 aromatic carbocycles. The lowest BCUT2D eigenvalue weighted by Gasteiger charge is -2.11. The van der Waals surface area contributed by atoms with E-state index >= 15 is 0 Å². The summed E-state index contributed by atoms with van der Waals surface area (Å²) in [5, 5.41) is 8.28.